The average Bonchev–Trinajstić information content (AvgIpc) is 3.24. The zero-order valence-corrected chi connectivity index (χ0v) is 14.6. The molecule has 1 fully saturated rings. The fraction of sp³-hybridized carbons (Fsp3) is 0.500. The molecule has 3 rings (SSSR count). The number of rotatable bonds is 7. The third kappa shape index (κ3) is 3.93. The van der Waals surface area contributed by atoms with Gasteiger partial charge in [0, 0.05) is 18.3 Å². The SMILES string of the molecule is CCn1nncc1CNc1ccc(S(=O)(=O)NC2CCCC2)cc1. The molecule has 1 saturated carbocycles. The van der Waals surface area contributed by atoms with E-state index in [1.807, 2.05) is 11.6 Å². The molecule has 130 valence electrons. The van der Waals surface area contributed by atoms with Crippen molar-refractivity contribution in [2.45, 2.75) is 56.6 Å². The molecule has 1 aromatic carbocycles. The summed E-state index contributed by atoms with van der Waals surface area (Å²) in [6.07, 6.45) is 5.77. The largest absolute Gasteiger partial charge is 0.379 e. The van der Waals surface area contributed by atoms with Crippen molar-refractivity contribution in [1.82, 2.24) is 19.7 Å². The number of benzene rings is 1. The molecule has 0 aliphatic heterocycles. The Morgan fingerprint density at radius 3 is 2.58 bits per heavy atom. The molecule has 2 N–H and O–H groups in total. The van der Waals surface area contributed by atoms with Gasteiger partial charge in [0.2, 0.25) is 10.0 Å². The molecule has 1 aromatic heterocycles. The summed E-state index contributed by atoms with van der Waals surface area (Å²) in [4.78, 5) is 0.306. The Balaban J connectivity index is 1.62. The quantitative estimate of drug-likeness (QED) is 0.799. The minimum absolute atomic E-state index is 0.0784. The predicted molar refractivity (Wildman–Crippen MR) is 92.0 cm³/mol. The maximum atomic E-state index is 12.4. The van der Waals surface area contributed by atoms with Crippen LogP contribution in [-0.2, 0) is 23.1 Å². The number of sulfonamides is 1. The van der Waals surface area contributed by atoms with Crippen LogP contribution in [0.2, 0.25) is 0 Å². The Morgan fingerprint density at radius 1 is 1.21 bits per heavy atom. The molecule has 1 aliphatic carbocycles. The van der Waals surface area contributed by atoms with Gasteiger partial charge >= 0.3 is 0 Å². The van der Waals surface area contributed by atoms with Gasteiger partial charge in [-0.3, -0.25) is 0 Å². The first-order chi connectivity index (χ1) is 11.6. The van der Waals surface area contributed by atoms with Crippen LogP contribution in [-0.4, -0.2) is 29.5 Å². The summed E-state index contributed by atoms with van der Waals surface area (Å²) in [5, 5.41) is 11.1. The number of hydrogen-bond acceptors (Lipinski definition) is 5. The Morgan fingerprint density at radius 2 is 1.92 bits per heavy atom. The topological polar surface area (TPSA) is 88.9 Å². The molecule has 0 saturated heterocycles. The normalized spacial score (nSPS) is 15.7. The molecule has 0 unspecified atom stereocenters. The lowest BCUT2D eigenvalue weighted by atomic mass is 10.3. The van der Waals surface area contributed by atoms with E-state index in [1.165, 1.54) is 0 Å². The second-order valence-corrected chi connectivity index (χ2v) is 7.74. The van der Waals surface area contributed by atoms with E-state index in [1.54, 1.807) is 30.5 Å². The van der Waals surface area contributed by atoms with Gasteiger partial charge in [0.25, 0.3) is 0 Å². The van der Waals surface area contributed by atoms with Gasteiger partial charge in [-0.25, -0.2) is 17.8 Å². The highest BCUT2D eigenvalue weighted by Gasteiger charge is 2.22. The van der Waals surface area contributed by atoms with Crippen molar-refractivity contribution < 1.29 is 8.42 Å². The standard InChI is InChI=1S/C16H23N5O2S/c1-2-21-15(12-18-20-21)11-17-13-7-9-16(10-8-13)24(22,23)19-14-5-3-4-6-14/h7-10,12,14,17,19H,2-6,11H2,1H3. The van der Waals surface area contributed by atoms with Crippen molar-refractivity contribution in [3.05, 3.63) is 36.2 Å². The highest BCUT2D eigenvalue weighted by Crippen LogP contribution is 2.21. The molecule has 7 nitrogen and oxygen atoms in total. The van der Waals surface area contributed by atoms with Gasteiger partial charge in [0.1, 0.15) is 0 Å². The molecule has 0 atom stereocenters. The van der Waals surface area contributed by atoms with Gasteiger partial charge in [-0.15, -0.1) is 5.10 Å². The third-order valence-electron chi connectivity index (χ3n) is 4.31. The number of aromatic nitrogens is 3. The van der Waals surface area contributed by atoms with E-state index in [9.17, 15) is 8.42 Å². The van der Waals surface area contributed by atoms with Crippen LogP contribution in [0.5, 0.6) is 0 Å². The van der Waals surface area contributed by atoms with E-state index in [0.29, 0.717) is 11.4 Å². The lowest BCUT2D eigenvalue weighted by Crippen LogP contribution is -2.32. The van der Waals surface area contributed by atoms with Crippen LogP contribution in [0.4, 0.5) is 5.69 Å². The minimum atomic E-state index is -3.43. The summed E-state index contributed by atoms with van der Waals surface area (Å²) < 4.78 is 29.4. The van der Waals surface area contributed by atoms with Gasteiger partial charge in [-0.05, 0) is 44.0 Å². The highest BCUT2D eigenvalue weighted by atomic mass is 32.2. The van der Waals surface area contributed by atoms with Crippen LogP contribution in [0.25, 0.3) is 0 Å². The molecular formula is C16H23N5O2S. The highest BCUT2D eigenvalue weighted by molar-refractivity contribution is 7.89. The van der Waals surface area contributed by atoms with Crippen molar-refractivity contribution in [3.63, 3.8) is 0 Å². The van der Waals surface area contributed by atoms with Crippen LogP contribution in [0.15, 0.2) is 35.4 Å². The van der Waals surface area contributed by atoms with Crippen LogP contribution >= 0.6 is 0 Å². The van der Waals surface area contributed by atoms with Crippen molar-refractivity contribution in [1.29, 1.82) is 0 Å². The van der Waals surface area contributed by atoms with Gasteiger partial charge in [0.05, 0.1) is 23.3 Å². The number of anilines is 1. The van der Waals surface area contributed by atoms with E-state index in [2.05, 4.69) is 20.4 Å². The first kappa shape index (κ1) is 16.9. The molecule has 8 heteroatoms. The fourth-order valence-electron chi connectivity index (χ4n) is 2.96. The number of nitrogens with one attached hydrogen (secondary N) is 2. The summed E-state index contributed by atoms with van der Waals surface area (Å²) >= 11 is 0. The van der Waals surface area contributed by atoms with E-state index in [0.717, 1.165) is 43.6 Å². The second-order valence-electron chi connectivity index (χ2n) is 6.02. The van der Waals surface area contributed by atoms with E-state index < -0.39 is 10.0 Å². The molecule has 0 bridgehead atoms. The Hall–Kier alpha value is -1.93. The molecule has 1 aliphatic rings. The first-order valence-corrected chi connectivity index (χ1v) is 9.80. The molecule has 0 spiro atoms. The average molecular weight is 349 g/mol. The number of hydrogen-bond donors (Lipinski definition) is 2. The zero-order chi connectivity index (χ0) is 17.0. The van der Waals surface area contributed by atoms with Gasteiger partial charge in [-0.1, -0.05) is 18.1 Å². The van der Waals surface area contributed by atoms with Crippen molar-refractivity contribution >= 4 is 15.7 Å². The van der Waals surface area contributed by atoms with Crippen LogP contribution in [0.1, 0.15) is 38.3 Å². The van der Waals surface area contributed by atoms with E-state index in [4.69, 9.17) is 0 Å². The van der Waals surface area contributed by atoms with Crippen LogP contribution in [0.3, 0.4) is 0 Å². The van der Waals surface area contributed by atoms with Crippen LogP contribution in [0, 0.1) is 0 Å². The summed E-state index contributed by atoms with van der Waals surface area (Å²) in [5.74, 6) is 0. The monoisotopic (exact) mass is 349 g/mol. The third-order valence-corrected chi connectivity index (χ3v) is 5.85. The van der Waals surface area contributed by atoms with Crippen LogP contribution < -0.4 is 10.0 Å². The van der Waals surface area contributed by atoms with Crippen molar-refractivity contribution in [3.8, 4) is 0 Å². The Kier molecular flexibility index (Phi) is 5.15. The van der Waals surface area contributed by atoms with E-state index in [-0.39, 0.29) is 6.04 Å². The van der Waals surface area contributed by atoms with Gasteiger partial charge in [-0.2, -0.15) is 0 Å². The molecule has 0 amide bonds. The summed E-state index contributed by atoms with van der Waals surface area (Å²) in [7, 11) is -3.43. The predicted octanol–water partition coefficient (Wildman–Crippen LogP) is 2.13. The van der Waals surface area contributed by atoms with Crippen molar-refractivity contribution in [2.24, 2.45) is 0 Å². The number of aryl methyl sites for hydroxylation is 1. The second kappa shape index (κ2) is 7.31. The van der Waals surface area contributed by atoms with E-state index >= 15 is 0 Å². The number of nitrogens with zero attached hydrogens (tertiary/aromatic N) is 3. The summed E-state index contributed by atoms with van der Waals surface area (Å²) in [6, 6.07) is 6.91. The molecule has 24 heavy (non-hydrogen) atoms. The Labute approximate surface area is 142 Å². The minimum Gasteiger partial charge on any atom is -0.379 e. The molecular weight excluding hydrogens is 326 g/mol. The van der Waals surface area contributed by atoms with Gasteiger partial charge < -0.3 is 5.32 Å². The zero-order valence-electron chi connectivity index (χ0n) is 13.8. The lowest BCUT2D eigenvalue weighted by Gasteiger charge is -2.13. The van der Waals surface area contributed by atoms with Gasteiger partial charge in [0.15, 0.2) is 0 Å². The fourth-order valence-corrected chi connectivity index (χ4v) is 4.26. The molecule has 0 radical (unpaired) electrons. The first-order valence-electron chi connectivity index (χ1n) is 8.32. The maximum Gasteiger partial charge on any atom is 0.240 e. The summed E-state index contributed by atoms with van der Waals surface area (Å²) in [6.45, 7) is 3.36. The summed E-state index contributed by atoms with van der Waals surface area (Å²) in [5.41, 5.74) is 1.84. The Bertz CT molecular complexity index is 764. The maximum absolute atomic E-state index is 12.4. The van der Waals surface area contributed by atoms with Crippen molar-refractivity contribution in [2.75, 3.05) is 5.32 Å². The molecule has 2 aromatic rings. The molecule has 1 heterocycles. The smallest absolute Gasteiger partial charge is 0.240 e. The lowest BCUT2D eigenvalue weighted by molar-refractivity contribution is 0.552.